The Morgan fingerprint density at radius 3 is 0.761 bits per heavy atom. The third kappa shape index (κ3) is 26.0. The van der Waals surface area contributed by atoms with Gasteiger partial charge in [-0.05, 0) is 121 Å². The van der Waals surface area contributed by atoms with Crippen LogP contribution in [0.1, 0.15) is 124 Å². The number of carbonyl (C=O) groups is 13. The Kier molecular flexibility index (Phi) is 33.8. The SMILES string of the molecule is CC(=O)OC[C@H]1O[C@H](OP(=O)([O-])OC[C@H]2O[C@@H](O[C@H]3[C@H](OC(=O)c4ccccc4)[C@H](OC(=O)c4ccccc4)[C@@H](O)O[C@@H]3COC(=O)c3ccccc3)[C@H](OC(=O)c3ccccc3)[C@@H](OC(=O)c3ccccc3)[C@H]2OC(=O)c2ccccc2)[C@@H](O[C@H]2O[C@H](COC(=O)c3ccccc3)[C@@H](OC(=O)c3ccccc3)[C@H](OC(=O)c3ccccc3)[C@@H]2OC(=O)c2ccccc2)[C@@H](OC(C)=O)[C@@H]1OC(C)=O. The smallest absolute Gasteiger partial charge is 0.338 e. The molecule has 1 unspecified atom stereocenters. The van der Waals surface area contributed by atoms with Crippen LogP contribution in [-0.2, 0) is 118 Å². The average Bonchev–Trinajstić information content (AvgIpc) is 0.759. The highest BCUT2D eigenvalue weighted by molar-refractivity contribution is 7.45. The van der Waals surface area contributed by atoms with E-state index in [1.54, 1.807) is 36.4 Å². The van der Waals surface area contributed by atoms with Crippen LogP contribution in [0, 0.1) is 0 Å². The summed E-state index contributed by atoms with van der Waals surface area (Å²) < 4.78 is 147. The Morgan fingerprint density at radius 2 is 0.464 bits per heavy atom. The predicted molar refractivity (Wildman–Crippen MR) is 468 cm³/mol. The number of rotatable bonds is 35. The van der Waals surface area contributed by atoms with E-state index >= 15 is 23.8 Å². The molecule has 0 saturated carbocycles. The van der Waals surface area contributed by atoms with Crippen LogP contribution in [0.2, 0.25) is 0 Å². The summed E-state index contributed by atoms with van der Waals surface area (Å²) in [6.45, 7) is -2.00. The largest absolute Gasteiger partial charge is 0.756 e. The zero-order valence-electron chi connectivity index (χ0n) is 73.3. The molecule has 10 aromatic carbocycles. The highest BCUT2D eigenvalue weighted by Gasteiger charge is 2.62. The molecule has 4 fully saturated rings. The van der Waals surface area contributed by atoms with Crippen LogP contribution in [0.5, 0.6) is 0 Å². The van der Waals surface area contributed by atoms with Crippen molar-refractivity contribution in [3.8, 4) is 0 Å². The van der Waals surface area contributed by atoms with Crippen molar-refractivity contribution >= 4 is 85.4 Å². The van der Waals surface area contributed by atoms with Gasteiger partial charge >= 0.3 is 77.6 Å². The van der Waals surface area contributed by atoms with E-state index in [0.717, 1.165) is 20.8 Å². The van der Waals surface area contributed by atoms with Crippen molar-refractivity contribution in [2.24, 2.45) is 0 Å². The Morgan fingerprint density at radius 1 is 0.246 bits per heavy atom. The summed E-state index contributed by atoms with van der Waals surface area (Å²) in [6.07, 6.45) is -46.4. The summed E-state index contributed by atoms with van der Waals surface area (Å²) in [5.41, 5.74) is -1.60. The van der Waals surface area contributed by atoms with Gasteiger partial charge in [0.2, 0.25) is 0 Å². The second-order valence-corrected chi connectivity index (χ2v) is 32.4. The summed E-state index contributed by atoms with van der Waals surface area (Å²) >= 11 is 0. The number of phosphoric acid groups is 1. The first-order valence-corrected chi connectivity index (χ1v) is 44.4. The lowest BCUT2D eigenvalue weighted by Crippen LogP contribution is -2.67. The van der Waals surface area contributed by atoms with Crippen LogP contribution in [0.3, 0.4) is 0 Å². The molecule has 4 aliphatic rings. The number of esters is 13. The predicted octanol–water partition coefficient (Wildman–Crippen LogP) is 10.1. The van der Waals surface area contributed by atoms with Crippen molar-refractivity contribution in [2.45, 2.75) is 144 Å². The summed E-state index contributed by atoms with van der Waals surface area (Å²) in [5, 5.41) is 12.3. The Hall–Kier alpha value is -14.9. The van der Waals surface area contributed by atoms with Gasteiger partial charge < -0.3 is 105 Å². The van der Waals surface area contributed by atoms with Crippen LogP contribution < -0.4 is 4.89 Å². The van der Waals surface area contributed by atoms with Crippen molar-refractivity contribution in [1.82, 2.24) is 0 Å². The molecule has 14 rings (SSSR count). The van der Waals surface area contributed by atoms with E-state index in [2.05, 4.69) is 0 Å². The average molecular weight is 1910 g/mol. The van der Waals surface area contributed by atoms with Crippen molar-refractivity contribution in [2.75, 3.05) is 26.4 Å². The number of benzene rings is 10. The second-order valence-electron chi connectivity index (χ2n) is 31.0. The normalized spacial score (nSPS) is 24.7. The van der Waals surface area contributed by atoms with E-state index in [1.807, 2.05) is 0 Å². The Bertz CT molecular complexity index is 5900. The van der Waals surface area contributed by atoms with Gasteiger partial charge in [-0.1, -0.05) is 182 Å². The number of hydrogen-bond donors (Lipinski definition) is 1. The Labute approximate surface area is 786 Å². The number of hydrogen-bond acceptors (Lipinski definition) is 37. The first kappa shape index (κ1) is 99.1. The molecule has 38 heteroatoms. The van der Waals surface area contributed by atoms with E-state index in [-0.39, 0.29) is 55.6 Å². The number of aliphatic hydroxyl groups excluding tert-OH is 1. The zero-order valence-corrected chi connectivity index (χ0v) is 74.2. The van der Waals surface area contributed by atoms with Gasteiger partial charge in [-0.2, -0.15) is 0 Å². The topological polar surface area (TPSA) is 476 Å². The van der Waals surface area contributed by atoms with Crippen LogP contribution in [0.15, 0.2) is 303 Å². The number of carbonyl (C=O) groups excluding carboxylic acids is 13. The van der Waals surface area contributed by atoms with Gasteiger partial charge in [0.15, 0.2) is 92.3 Å². The molecule has 0 amide bonds. The summed E-state index contributed by atoms with van der Waals surface area (Å²) in [7, 11) is -6.64. The van der Waals surface area contributed by atoms with Crippen LogP contribution in [-0.4, -0.2) is 232 Å². The van der Waals surface area contributed by atoms with Gasteiger partial charge in [0, 0.05) is 20.8 Å². The minimum Gasteiger partial charge on any atom is -0.756 e. The molecule has 1 N–H and O–H groups in total. The second kappa shape index (κ2) is 47.1. The fourth-order valence-corrected chi connectivity index (χ4v) is 15.8. The lowest BCUT2D eigenvalue weighted by atomic mass is 9.95. The van der Waals surface area contributed by atoms with E-state index in [9.17, 15) is 53.1 Å². The molecule has 0 spiro atoms. The highest BCUT2D eigenvalue weighted by atomic mass is 31.2. The molecule has 21 atom stereocenters. The standard InChI is InChI=1S/C100H89O37P/c1-58(101)117-54-72-75(121-59(2)102)80(122-60(3)103)86(136-99-85(134-96(113)70-52-32-13-33-53-70)81(130-92(109)66-44-24-9-25-45-66)76(127-89(106)63-38-18-6-19-39-63)73(124-99)56-119-88(105)62-36-16-5-17-37-62)100(126-72)137-138(115,116)120-57-74-77(128-90(107)64-40-20-7-21-41-64)82(131-93(110)67-46-26-10-27-47-67)84(133-95(112)69-50-30-12-31-51-69)98(125-74)135-78-71(55-118-87(104)61-34-14-4-15-35-61)123-97(114)83(132-94(111)68-48-28-11-29-49-68)79(78)129-91(108)65-42-22-8-23-43-65/h4-53,71-86,97-100,114H,54-57H2,1-3H3,(H,115,116)/p-1/t71-,72-,73-,74-,75-,76-,77+,78-,79+,80+,81+,82+,83+,84-,85+,86+,97+,98+,99-,100-/m1/s1. The van der Waals surface area contributed by atoms with E-state index < -0.39 is 235 Å². The van der Waals surface area contributed by atoms with Crippen LogP contribution in [0.4, 0.5) is 0 Å². The van der Waals surface area contributed by atoms with Crippen LogP contribution >= 0.6 is 7.82 Å². The van der Waals surface area contributed by atoms with Gasteiger partial charge in [-0.3, -0.25) is 23.5 Å². The van der Waals surface area contributed by atoms with E-state index in [0.29, 0.717) is 0 Å². The zero-order chi connectivity index (χ0) is 97.4. The van der Waals surface area contributed by atoms with E-state index in [4.69, 9.17) is 99.0 Å². The monoisotopic (exact) mass is 1910 g/mol. The molecule has 4 heterocycles. The molecular weight excluding hydrogens is 1820 g/mol. The van der Waals surface area contributed by atoms with Gasteiger partial charge in [0.25, 0.3) is 7.82 Å². The molecule has 10 aromatic rings. The molecular formula is C100H88O37P-. The molecule has 716 valence electrons. The number of phosphoric ester groups is 1. The maximum Gasteiger partial charge on any atom is 0.338 e. The summed E-state index contributed by atoms with van der Waals surface area (Å²) in [4.78, 5) is 204. The molecule has 0 bridgehead atoms. The van der Waals surface area contributed by atoms with Crippen molar-refractivity contribution < 1.29 is 176 Å². The number of aliphatic hydroxyl groups is 1. The van der Waals surface area contributed by atoms with Gasteiger partial charge in [0.05, 0.1) is 62.2 Å². The van der Waals surface area contributed by atoms with Crippen molar-refractivity contribution in [3.63, 3.8) is 0 Å². The maximum absolute atomic E-state index is 15.9. The van der Waals surface area contributed by atoms with Crippen molar-refractivity contribution in [3.05, 3.63) is 359 Å². The van der Waals surface area contributed by atoms with Crippen LogP contribution in [0.25, 0.3) is 0 Å². The van der Waals surface area contributed by atoms with Gasteiger partial charge in [-0.25, -0.2) is 47.9 Å². The highest BCUT2D eigenvalue weighted by Crippen LogP contribution is 2.47. The first-order chi connectivity index (χ1) is 66.7. The van der Waals surface area contributed by atoms with Crippen molar-refractivity contribution in [1.29, 1.82) is 0 Å². The third-order valence-corrected chi connectivity index (χ3v) is 22.4. The fourth-order valence-electron chi connectivity index (χ4n) is 15.0. The molecule has 138 heavy (non-hydrogen) atoms. The lowest BCUT2D eigenvalue weighted by Gasteiger charge is -2.49. The summed E-state index contributed by atoms with van der Waals surface area (Å²) in [5.74, 6) is -15.4. The first-order valence-electron chi connectivity index (χ1n) is 42.9. The molecule has 0 aromatic heterocycles. The summed E-state index contributed by atoms with van der Waals surface area (Å²) in [6, 6.07) is 71.3. The molecule has 0 aliphatic carbocycles. The minimum absolute atomic E-state index is 0.0352. The molecule has 37 nitrogen and oxygen atoms in total. The maximum atomic E-state index is 15.9. The lowest BCUT2D eigenvalue weighted by molar-refractivity contribution is -0.364. The van der Waals surface area contributed by atoms with Gasteiger partial charge in [0.1, 0.15) is 50.3 Å². The molecule has 4 saturated heterocycles. The fraction of sp³-hybridized carbons (Fsp3) is 0.270. The molecule has 4 aliphatic heterocycles. The quantitative estimate of drug-likeness (QED) is 0.0219. The van der Waals surface area contributed by atoms with Gasteiger partial charge in [-0.15, -0.1) is 0 Å². The minimum atomic E-state index is -6.64. The Balaban J connectivity index is 0.911. The molecule has 0 radical (unpaired) electrons. The third-order valence-electron chi connectivity index (χ3n) is 21.4. The number of ether oxygens (including phenoxy) is 19. The van der Waals surface area contributed by atoms with E-state index in [1.165, 1.54) is 267 Å².